The van der Waals surface area contributed by atoms with E-state index in [9.17, 15) is 19.7 Å². The molecule has 1 aliphatic heterocycles. The standard InChI is InChI=1S/C29H29N5O5/c1-2-39-24(35)20-33-23-14-9-15-30-25(23)27(28(29(33)36)34(37)38)32-18-16-31(17-19-32)26(21-10-5-3-6-11-21)22-12-7-4-8-13-22/h3-15,26H,2,16-20H2,1H3. The monoisotopic (exact) mass is 527 g/mol. The second kappa shape index (κ2) is 11.4. The number of carbonyl (C=O) groups excluding carboxylic acids is 1. The lowest BCUT2D eigenvalue weighted by atomic mass is 9.96. The summed E-state index contributed by atoms with van der Waals surface area (Å²) in [5, 5.41) is 12.2. The maximum atomic E-state index is 13.4. The molecule has 200 valence electrons. The summed E-state index contributed by atoms with van der Waals surface area (Å²) >= 11 is 0. The predicted octanol–water partition coefficient (Wildman–Crippen LogP) is 3.78. The van der Waals surface area contributed by atoms with E-state index >= 15 is 0 Å². The van der Waals surface area contributed by atoms with E-state index in [0.29, 0.717) is 37.2 Å². The highest BCUT2D eigenvalue weighted by molar-refractivity contribution is 5.94. The van der Waals surface area contributed by atoms with Crippen LogP contribution in [-0.2, 0) is 16.1 Å². The van der Waals surface area contributed by atoms with E-state index in [1.807, 2.05) is 41.3 Å². The van der Waals surface area contributed by atoms with Crippen LogP contribution >= 0.6 is 0 Å². The van der Waals surface area contributed by atoms with Crippen molar-refractivity contribution in [3.63, 3.8) is 0 Å². The molecule has 5 rings (SSSR count). The predicted molar refractivity (Wildman–Crippen MR) is 148 cm³/mol. The van der Waals surface area contributed by atoms with Gasteiger partial charge in [-0.1, -0.05) is 60.7 Å². The average molecular weight is 528 g/mol. The number of carbonyl (C=O) groups is 1. The van der Waals surface area contributed by atoms with Crippen molar-refractivity contribution in [2.75, 3.05) is 37.7 Å². The van der Waals surface area contributed by atoms with Gasteiger partial charge in [0.05, 0.1) is 23.1 Å². The van der Waals surface area contributed by atoms with Gasteiger partial charge in [0.2, 0.25) is 0 Å². The van der Waals surface area contributed by atoms with Crippen LogP contribution in [-0.4, -0.2) is 58.1 Å². The van der Waals surface area contributed by atoms with Gasteiger partial charge in [0.25, 0.3) is 0 Å². The first kappa shape index (κ1) is 26.1. The maximum Gasteiger partial charge on any atom is 0.359 e. The zero-order valence-corrected chi connectivity index (χ0v) is 21.6. The molecule has 0 aliphatic carbocycles. The highest BCUT2D eigenvalue weighted by atomic mass is 16.6. The van der Waals surface area contributed by atoms with Crippen molar-refractivity contribution in [3.05, 3.63) is 111 Å². The van der Waals surface area contributed by atoms with Crippen LogP contribution in [0.25, 0.3) is 11.0 Å². The Morgan fingerprint density at radius 3 is 2.15 bits per heavy atom. The Balaban J connectivity index is 1.51. The van der Waals surface area contributed by atoms with Gasteiger partial charge < -0.3 is 9.64 Å². The van der Waals surface area contributed by atoms with E-state index in [1.54, 1.807) is 19.1 Å². The number of hydrogen-bond acceptors (Lipinski definition) is 8. The molecule has 0 amide bonds. The molecule has 0 saturated carbocycles. The number of pyridine rings is 2. The molecule has 0 N–H and O–H groups in total. The molecular formula is C29H29N5O5. The fraction of sp³-hybridized carbons (Fsp3) is 0.276. The second-order valence-electron chi connectivity index (χ2n) is 9.27. The molecule has 3 heterocycles. The topological polar surface area (TPSA) is 111 Å². The number of rotatable bonds is 8. The van der Waals surface area contributed by atoms with Crippen LogP contribution < -0.4 is 10.5 Å². The smallest absolute Gasteiger partial charge is 0.359 e. The van der Waals surface area contributed by atoms with Crippen LogP contribution in [0.4, 0.5) is 11.4 Å². The minimum atomic E-state index is -0.850. The van der Waals surface area contributed by atoms with Gasteiger partial charge >= 0.3 is 17.2 Å². The first-order valence-electron chi connectivity index (χ1n) is 12.9. The first-order valence-corrected chi connectivity index (χ1v) is 12.9. The van der Waals surface area contributed by atoms with Crippen LogP contribution in [0.2, 0.25) is 0 Å². The van der Waals surface area contributed by atoms with Crippen LogP contribution in [0.3, 0.4) is 0 Å². The van der Waals surface area contributed by atoms with Gasteiger partial charge in [0.15, 0.2) is 0 Å². The van der Waals surface area contributed by atoms with Crippen LogP contribution in [0.15, 0.2) is 83.8 Å². The largest absolute Gasteiger partial charge is 0.465 e. The molecule has 10 heteroatoms. The summed E-state index contributed by atoms with van der Waals surface area (Å²) in [5.41, 5.74) is 1.75. The number of esters is 1. The zero-order chi connectivity index (χ0) is 27.4. The molecule has 0 unspecified atom stereocenters. The Kier molecular flexibility index (Phi) is 7.64. The zero-order valence-electron chi connectivity index (χ0n) is 21.6. The van der Waals surface area contributed by atoms with E-state index in [1.165, 1.54) is 6.20 Å². The number of ether oxygens (including phenoxy) is 1. The fourth-order valence-corrected chi connectivity index (χ4v) is 5.29. The molecule has 10 nitrogen and oxygen atoms in total. The van der Waals surface area contributed by atoms with E-state index in [0.717, 1.165) is 15.7 Å². The number of aromatic nitrogens is 2. The summed E-state index contributed by atoms with van der Waals surface area (Å²) in [7, 11) is 0. The minimum absolute atomic E-state index is 0.0250. The average Bonchev–Trinajstić information content (AvgIpc) is 2.96. The summed E-state index contributed by atoms with van der Waals surface area (Å²) in [6.07, 6.45) is 1.53. The maximum absolute atomic E-state index is 13.4. The number of benzene rings is 2. The summed E-state index contributed by atoms with van der Waals surface area (Å²) < 4.78 is 6.08. The number of piperazine rings is 1. The van der Waals surface area contributed by atoms with Gasteiger partial charge in [-0.05, 0) is 30.2 Å². The molecule has 0 radical (unpaired) electrons. The van der Waals surface area contributed by atoms with Gasteiger partial charge in [-0.15, -0.1) is 0 Å². The molecule has 0 atom stereocenters. The molecule has 4 aromatic rings. The third kappa shape index (κ3) is 5.23. The quantitative estimate of drug-likeness (QED) is 0.193. The Bertz CT molecular complexity index is 1490. The Morgan fingerprint density at radius 2 is 1.59 bits per heavy atom. The summed E-state index contributed by atoms with van der Waals surface area (Å²) in [6.45, 7) is 3.53. The molecule has 0 bridgehead atoms. The molecule has 1 aliphatic rings. The molecule has 2 aromatic heterocycles. The van der Waals surface area contributed by atoms with Crippen molar-refractivity contribution in [3.8, 4) is 0 Å². The molecule has 2 aromatic carbocycles. The van der Waals surface area contributed by atoms with Gasteiger partial charge in [-0.25, -0.2) is 0 Å². The summed E-state index contributed by atoms with van der Waals surface area (Å²) in [6, 6.07) is 23.8. The normalized spacial score (nSPS) is 14.1. The first-order chi connectivity index (χ1) is 19.0. The highest BCUT2D eigenvalue weighted by Crippen LogP contribution is 2.35. The van der Waals surface area contributed by atoms with Crippen LogP contribution in [0.1, 0.15) is 24.1 Å². The minimum Gasteiger partial charge on any atom is -0.465 e. The van der Waals surface area contributed by atoms with E-state index in [-0.39, 0.29) is 18.3 Å². The highest BCUT2D eigenvalue weighted by Gasteiger charge is 2.34. The fourth-order valence-electron chi connectivity index (χ4n) is 5.29. The summed E-state index contributed by atoms with van der Waals surface area (Å²) in [5.74, 6) is -0.645. The third-order valence-corrected chi connectivity index (χ3v) is 6.97. The molecule has 1 saturated heterocycles. The number of nitrogens with zero attached hydrogens (tertiary/aromatic N) is 5. The van der Waals surface area contributed by atoms with Gasteiger partial charge in [-0.2, -0.15) is 0 Å². The Hall–Kier alpha value is -4.57. The molecule has 39 heavy (non-hydrogen) atoms. The van der Waals surface area contributed by atoms with E-state index in [2.05, 4.69) is 34.1 Å². The van der Waals surface area contributed by atoms with Crippen molar-refractivity contribution >= 4 is 28.4 Å². The summed E-state index contributed by atoms with van der Waals surface area (Å²) in [4.78, 5) is 45.9. The lowest BCUT2D eigenvalue weighted by Crippen LogP contribution is -2.48. The SMILES string of the molecule is CCOC(=O)Cn1c(=O)c([N+](=O)[O-])c(N2CCN(C(c3ccccc3)c3ccccc3)CC2)c2ncccc21. The Morgan fingerprint density at radius 1 is 0.974 bits per heavy atom. The Labute approximate surface area is 225 Å². The number of hydrogen-bond donors (Lipinski definition) is 0. The van der Waals surface area contributed by atoms with Crippen LogP contribution in [0, 0.1) is 10.1 Å². The van der Waals surface area contributed by atoms with Crippen LogP contribution in [0.5, 0.6) is 0 Å². The van der Waals surface area contributed by atoms with Gasteiger partial charge in [0, 0.05) is 32.4 Å². The van der Waals surface area contributed by atoms with Gasteiger partial charge in [0.1, 0.15) is 17.7 Å². The molecular weight excluding hydrogens is 498 g/mol. The van der Waals surface area contributed by atoms with Crippen molar-refractivity contribution in [1.82, 2.24) is 14.5 Å². The third-order valence-electron chi connectivity index (χ3n) is 6.97. The van der Waals surface area contributed by atoms with E-state index in [4.69, 9.17) is 4.74 Å². The van der Waals surface area contributed by atoms with Crippen molar-refractivity contribution in [2.24, 2.45) is 0 Å². The van der Waals surface area contributed by atoms with Crippen molar-refractivity contribution in [1.29, 1.82) is 0 Å². The lowest BCUT2D eigenvalue weighted by molar-refractivity contribution is -0.385. The second-order valence-corrected chi connectivity index (χ2v) is 9.27. The molecule has 0 spiro atoms. The lowest BCUT2D eigenvalue weighted by Gasteiger charge is -2.40. The van der Waals surface area contributed by atoms with Crippen molar-refractivity contribution < 1.29 is 14.5 Å². The number of fused-ring (bicyclic) bond motifs is 1. The van der Waals surface area contributed by atoms with Crippen molar-refractivity contribution in [2.45, 2.75) is 19.5 Å². The number of nitro groups is 1. The van der Waals surface area contributed by atoms with Gasteiger partial charge in [-0.3, -0.25) is 34.2 Å². The van der Waals surface area contributed by atoms with E-state index < -0.39 is 28.7 Å². The molecule has 1 fully saturated rings. The number of anilines is 1.